The average Bonchev–Trinajstić information content (AvgIpc) is 2.62. The summed E-state index contributed by atoms with van der Waals surface area (Å²) in [6, 6.07) is 13.0. The van der Waals surface area contributed by atoms with Gasteiger partial charge in [-0.1, -0.05) is 30.3 Å². The van der Waals surface area contributed by atoms with Gasteiger partial charge in [0.05, 0.1) is 18.1 Å². The van der Waals surface area contributed by atoms with Crippen molar-refractivity contribution in [2.24, 2.45) is 0 Å². The van der Waals surface area contributed by atoms with Gasteiger partial charge in [-0.3, -0.25) is 4.90 Å². The zero-order valence-corrected chi connectivity index (χ0v) is 14.6. The van der Waals surface area contributed by atoms with Gasteiger partial charge in [0.15, 0.2) is 0 Å². The molecule has 0 unspecified atom stereocenters. The van der Waals surface area contributed by atoms with E-state index >= 15 is 0 Å². The van der Waals surface area contributed by atoms with Gasteiger partial charge in [-0.25, -0.2) is 13.1 Å². The lowest BCUT2D eigenvalue weighted by molar-refractivity contribution is 0.0372. The van der Waals surface area contributed by atoms with E-state index in [1.165, 1.54) is 0 Å². The molecule has 1 fully saturated rings. The summed E-state index contributed by atoms with van der Waals surface area (Å²) in [5.41, 5.74) is 0. The third-order valence-electron chi connectivity index (χ3n) is 4.33. The smallest absolute Gasteiger partial charge is 0.240 e. The van der Waals surface area contributed by atoms with Crippen LogP contribution in [0.15, 0.2) is 47.4 Å². The minimum absolute atomic E-state index is 0.328. The lowest BCUT2D eigenvalue weighted by Crippen LogP contribution is -2.37. The molecular weight excluding hydrogens is 324 g/mol. The second kappa shape index (κ2) is 8.07. The van der Waals surface area contributed by atoms with E-state index in [2.05, 4.69) is 9.62 Å². The second-order valence-electron chi connectivity index (χ2n) is 6.07. The molecule has 130 valence electrons. The van der Waals surface area contributed by atoms with Crippen LogP contribution in [0, 0.1) is 0 Å². The van der Waals surface area contributed by atoms with Crippen molar-refractivity contribution in [2.45, 2.75) is 17.7 Å². The molecule has 2 aromatic rings. The van der Waals surface area contributed by atoms with Gasteiger partial charge in [-0.2, -0.15) is 0 Å². The quantitative estimate of drug-likeness (QED) is 0.780. The summed E-state index contributed by atoms with van der Waals surface area (Å²) in [5.74, 6) is 0. The Balaban J connectivity index is 1.49. The summed E-state index contributed by atoms with van der Waals surface area (Å²) < 4.78 is 32.8. The number of ether oxygens (including phenoxy) is 1. The molecule has 1 aliphatic rings. The second-order valence-corrected chi connectivity index (χ2v) is 7.83. The van der Waals surface area contributed by atoms with Crippen LogP contribution < -0.4 is 4.72 Å². The van der Waals surface area contributed by atoms with Gasteiger partial charge in [-0.05, 0) is 42.3 Å². The Morgan fingerprint density at radius 1 is 1.00 bits per heavy atom. The molecular formula is C18H24N2O3S. The third-order valence-corrected chi connectivity index (χ3v) is 5.79. The largest absolute Gasteiger partial charge is 0.379 e. The zero-order chi connectivity index (χ0) is 16.8. The molecule has 6 heteroatoms. The number of hydrogen-bond donors (Lipinski definition) is 1. The predicted molar refractivity (Wildman–Crippen MR) is 95.6 cm³/mol. The summed E-state index contributed by atoms with van der Waals surface area (Å²) in [5, 5.41) is 1.98. The summed E-state index contributed by atoms with van der Waals surface area (Å²) in [4.78, 5) is 2.69. The number of nitrogens with one attached hydrogen (secondary N) is 1. The Bertz CT molecular complexity index is 771. The van der Waals surface area contributed by atoms with E-state index in [-0.39, 0.29) is 0 Å². The van der Waals surface area contributed by atoms with E-state index in [9.17, 15) is 8.42 Å². The number of fused-ring (bicyclic) bond motifs is 1. The van der Waals surface area contributed by atoms with Gasteiger partial charge in [0.25, 0.3) is 0 Å². The normalized spacial score (nSPS) is 16.5. The topological polar surface area (TPSA) is 58.6 Å². The first kappa shape index (κ1) is 17.4. The molecule has 5 nitrogen and oxygen atoms in total. The van der Waals surface area contributed by atoms with Crippen LogP contribution in [0.4, 0.5) is 0 Å². The van der Waals surface area contributed by atoms with Crippen molar-refractivity contribution in [3.8, 4) is 0 Å². The maximum atomic E-state index is 12.4. The molecule has 0 aromatic heterocycles. The SMILES string of the molecule is O=S(=O)(NCCCCN1CCOCC1)c1ccc2ccccc2c1. The van der Waals surface area contributed by atoms with Crippen LogP contribution in [0.5, 0.6) is 0 Å². The summed E-state index contributed by atoms with van der Waals surface area (Å²) >= 11 is 0. The summed E-state index contributed by atoms with van der Waals surface area (Å²) in [6.45, 7) is 5.02. The number of unbranched alkanes of at least 4 members (excludes halogenated alkanes) is 1. The molecule has 1 saturated heterocycles. The fourth-order valence-corrected chi connectivity index (χ4v) is 4.02. The molecule has 1 aliphatic heterocycles. The number of benzene rings is 2. The van der Waals surface area contributed by atoms with Crippen molar-refractivity contribution in [3.63, 3.8) is 0 Å². The third kappa shape index (κ3) is 4.54. The van der Waals surface area contributed by atoms with Crippen LogP contribution >= 0.6 is 0 Å². The Labute approximate surface area is 143 Å². The number of hydrogen-bond acceptors (Lipinski definition) is 4. The molecule has 0 bridgehead atoms. The first-order valence-corrected chi connectivity index (χ1v) is 9.92. The predicted octanol–water partition coefficient (Wildman–Crippen LogP) is 2.23. The highest BCUT2D eigenvalue weighted by molar-refractivity contribution is 7.89. The number of morpholine rings is 1. The molecule has 0 spiro atoms. The van der Waals surface area contributed by atoms with Crippen molar-refractivity contribution in [1.82, 2.24) is 9.62 Å². The van der Waals surface area contributed by atoms with E-state index in [4.69, 9.17) is 4.74 Å². The van der Waals surface area contributed by atoms with E-state index in [0.717, 1.165) is 56.5 Å². The van der Waals surface area contributed by atoms with Crippen molar-refractivity contribution < 1.29 is 13.2 Å². The molecule has 3 rings (SSSR count). The molecule has 2 aromatic carbocycles. The van der Waals surface area contributed by atoms with Crippen LogP contribution in [-0.2, 0) is 14.8 Å². The molecule has 1 N–H and O–H groups in total. The van der Waals surface area contributed by atoms with Crippen LogP contribution in [0.1, 0.15) is 12.8 Å². The molecule has 0 saturated carbocycles. The van der Waals surface area contributed by atoms with E-state index in [1.54, 1.807) is 12.1 Å². The van der Waals surface area contributed by atoms with E-state index in [1.807, 2.05) is 30.3 Å². The van der Waals surface area contributed by atoms with Crippen LogP contribution in [0.25, 0.3) is 10.8 Å². The maximum absolute atomic E-state index is 12.4. The monoisotopic (exact) mass is 348 g/mol. The van der Waals surface area contributed by atoms with Crippen molar-refractivity contribution >= 4 is 20.8 Å². The standard InChI is InChI=1S/C18H24N2O3S/c21-24(22,18-8-7-16-5-1-2-6-17(16)15-18)19-9-3-4-10-20-11-13-23-14-12-20/h1-2,5-8,15,19H,3-4,9-14H2. The minimum atomic E-state index is -3.44. The fourth-order valence-electron chi connectivity index (χ4n) is 2.91. The van der Waals surface area contributed by atoms with Crippen molar-refractivity contribution in [2.75, 3.05) is 39.4 Å². The average molecular weight is 348 g/mol. The zero-order valence-electron chi connectivity index (χ0n) is 13.8. The highest BCUT2D eigenvalue weighted by Crippen LogP contribution is 2.18. The summed E-state index contributed by atoms with van der Waals surface area (Å²) in [6.07, 6.45) is 1.82. The molecule has 0 radical (unpaired) electrons. The highest BCUT2D eigenvalue weighted by Gasteiger charge is 2.14. The Morgan fingerprint density at radius 3 is 2.54 bits per heavy atom. The van der Waals surface area contributed by atoms with Crippen molar-refractivity contribution in [3.05, 3.63) is 42.5 Å². The Kier molecular flexibility index (Phi) is 5.84. The van der Waals surface area contributed by atoms with E-state index < -0.39 is 10.0 Å². The van der Waals surface area contributed by atoms with Crippen LogP contribution in [0.2, 0.25) is 0 Å². The molecule has 24 heavy (non-hydrogen) atoms. The van der Waals surface area contributed by atoms with Crippen LogP contribution in [0.3, 0.4) is 0 Å². The number of rotatable bonds is 7. The molecule has 0 amide bonds. The van der Waals surface area contributed by atoms with Gasteiger partial charge in [0, 0.05) is 19.6 Å². The van der Waals surface area contributed by atoms with Crippen molar-refractivity contribution in [1.29, 1.82) is 0 Å². The van der Waals surface area contributed by atoms with Gasteiger partial charge < -0.3 is 4.74 Å². The maximum Gasteiger partial charge on any atom is 0.240 e. The van der Waals surface area contributed by atoms with Gasteiger partial charge in [0.1, 0.15) is 0 Å². The first-order valence-electron chi connectivity index (χ1n) is 8.44. The number of sulfonamides is 1. The van der Waals surface area contributed by atoms with E-state index in [0.29, 0.717) is 11.4 Å². The lowest BCUT2D eigenvalue weighted by atomic mass is 10.1. The molecule has 1 heterocycles. The lowest BCUT2D eigenvalue weighted by Gasteiger charge is -2.26. The van der Waals surface area contributed by atoms with Gasteiger partial charge in [0.2, 0.25) is 10.0 Å². The first-order chi connectivity index (χ1) is 11.6. The van der Waals surface area contributed by atoms with Gasteiger partial charge >= 0.3 is 0 Å². The van der Waals surface area contributed by atoms with Crippen LogP contribution in [-0.4, -0.2) is 52.7 Å². The fraction of sp³-hybridized carbons (Fsp3) is 0.444. The minimum Gasteiger partial charge on any atom is -0.379 e. The highest BCUT2D eigenvalue weighted by atomic mass is 32.2. The Morgan fingerprint density at radius 2 is 1.75 bits per heavy atom. The van der Waals surface area contributed by atoms with Gasteiger partial charge in [-0.15, -0.1) is 0 Å². The Hall–Kier alpha value is -1.47. The molecule has 0 atom stereocenters. The molecule has 0 aliphatic carbocycles. The summed E-state index contributed by atoms with van der Waals surface area (Å²) in [7, 11) is -3.44. The number of nitrogens with zero attached hydrogens (tertiary/aromatic N) is 1.